The molecule has 0 aliphatic rings. The second kappa shape index (κ2) is 14.2. The van der Waals surface area contributed by atoms with Crippen LogP contribution in [0.5, 0.6) is 0 Å². The summed E-state index contributed by atoms with van der Waals surface area (Å²) in [5.41, 5.74) is 2.35. The molecule has 0 saturated carbocycles. The lowest BCUT2D eigenvalue weighted by Crippen LogP contribution is -2.49. The number of aliphatic hydroxyl groups excluding tert-OH is 2. The first-order valence-corrected chi connectivity index (χ1v) is 12.1. The summed E-state index contributed by atoms with van der Waals surface area (Å²) in [5, 5.41) is 32.8. The third kappa shape index (κ3) is 8.46. The van der Waals surface area contributed by atoms with Crippen molar-refractivity contribution in [2.75, 3.05) is 13.1 Å². The number of rotatable bonds is 13. The zero-order valence-electron chi connectivity index (χ0n) is 20.8. The highest BCUT2D eigenvalue weighted by atomic mass is 16.3. The quantitative estimate of drug-likeness (QED) is 0.405. The molecule has 35 heavy (non-hydrogen) atoms. The highest BCUT2D eigenvalue weighted by Crippen LogP contribution is 2.16. The molecular formula is C27H36N4O4. The maximum Gasteiger partial charge on any atom is 0.253 e. The van der Waals surface area contributed by atoms with Gasteiger partial charge in [-0.15, -0.1) is 0 Å². The smallest absolute Gasteiger partial charge is 0.253 e. The van der Waals surface area contributed by atoms with Crippen LogP contribution in [0.15, 0.2) is 42.7 Å². The van der Waals surface area contributed by atoms with Crippen LogP contribution < -0.4 is 5.32 Å². The summed E-state index contributed by atoms with van der Waals surface area (Å²) in [6, 6.07) is 9.72. The van der Waals surface area contributed by atoms with E-state index >= 15 is 0 Å². The van der Waals surface area contributed by atoms with Crippen LogP contribution in [0, 0.1) is 18.3 Å². The highest BCUT2D eigenvalue weighted by molar-refractivity contribution is 6.00. The summed E-state index contributed by atoms with van der Waals surface area (Å²) >= 11 is 0. The summed E-state index contributed by atoms with van der Waals surface area (Å²) < 4.78 is 0. The number of aryl methyl sites for hydroxylation is 1. The second-order valence-electron chi connectivity index (χ2n) is 8.77. The Balaban J connectivity index is 2.29. The molecular weight excluding hydrogens is 444 g/mol. The molecule has 0 aliphatic carbocycles. The van der Waals surface area contributed by atoms with Crippen LogP contribution in [0.3, 0.4) is 0 Å². The molecule has 0 radical (unpaired) electrons. The van der Waals surface area contributed by atoms with Gasteiger partial charge >= 0.3 is 0 Å². The van der Waals surface area contributed by atoms with Crippen LogP contribution in [0.25, 0.3) is 0 Å². The summed E-state index contributed by atoms with van der Waals surface area (Å²) in [7, 11) is 0. The Morgan fingerprint density at radius 3 is 2.31 bits per heavy atom. The van der Waals surface area contributed by atoms with Crippen LogP contribution in [0.1, 0.15) is 71.4 Å². The lowest BCUT2D eigenvalue weighted by atomic mass is 9.95. The number of aliphatic hydroxyl groups is 2. The van der Waals surface area contributed by atoms with E-state index in [1.54, 1.807) is 47.6 Å². The van der Waals surface area contributed by atoms with Gasteiger partial charge in [-0.25, -0.2) is 0 Å². The van der Waals surface area contributed by atoms with E-state index in [4.69, 9.17) is 5.26 Å². The fourth-order valence-electron chi connectivity index (χ4n) is 4.01. The number of pyridine rings is 1. The molecule has 0 aliphatic heterocycles. The molecule has 2 rings (SSSR count). The zero-order chi connectivity index (χ0) is 25.8. The van der Waals surface area contributed by atoms with E-state index in [1.807, 2.05) is 26.8 Å². The van der Waals surface area contributed by atoms with E-state index in [2.05, 4.69) is 10.3 Å². The molecule has 8 nitrogen and oxygen atoms in total. The molecule has 0 spiro atoms. The summed E-state index contributed by atoms with van der Waals surface area (Å²) in [5.74, 6) is -0.572. The number of nitrogens with zero attached hydrogens (tertiary/aromatic N) is 3. The molecule has 0 bridgehead atoms. The fraction of sp³-hybridized carbons (Fsp3) is 0.481. The summed E-state index contributed by atoms with van der Waals surface area (Å²) in [4.78, 5) is 32.1. The lowest BCUT2D eigenvalue weighted by Gasteiger charge is -2.28. The van der Waals surface area contributed by atoms with E-state index in [1.165, 1.54) is 0 Å². The van der Waals surface area contributed by atoms with Gasteiger partial charge in [0, 0.05) is 43.0 Å². The van der Waals surface area contributed by atoms with Crippen molar-refractivity contribution in [1.82, 2.24) is 15.2 Å². The van der Waals surface area contributed by atoms with Crippen molar-refractivity contribution in [3.63, 3.8) is 0 Å². The molecule has 188 valence electrons. The van der Waals surface area contributed by atoms with E-state index in [0.29, 0.717) is 24.2 Å². The van der Waals surface area contributed by atoms with Gasteiger partial charge in [0.25, 0.3) is 11.8 Å². The Labute approximate surface area is 207 Å². The van der Waals surface area contributed by atoms with Crippen LogP contribution in [0.4, 0.5) is 0 Å². The van der Waals surface area contributed by atoms with Crippen LogP contribution in [0.2, 0.25) is 0 Å². The van der Waals surface area contributed by atoms with E-state index in [0.717, 1.165) is 24.0 Å². The Morgan fingerprint density at radius 1 is 1.09 bits per heavy atom. The van der Waals surface area contributed by atoms with Crippen LogP contribution in [-0.2, 0) is 6.42 Å². The van der Waals surface area contributed by atoms with Gasteiger partial charge in [-0.3, -0.25) is 14.6 Å². The number of amides is 2. The third-order valence-corrected chi connectivity index (χ3v) is 5.74. The topological polar surface area (TPSA) is 127 Å². The number of nitriles is 1. The number of hydrogen-bond donors (Lipinski definition) is 3. The van der Waals surface area contributed by atoms with Gasteiger partial charge in [0.05, 0.1) is 18.2 Å². The molecule has 0 fully saturated rings. The molecule has 3 N–H and O–H groups in total. The highest BCUT2D eigenvalue weighted by Gasteiger charge is 2.28. The van der Waals surface area contributed by atoms with E-state index in [-0.39, 0.29) is 25.2 Å². The Hall–Kier alpha value is -3.28. The maximum atomic E-state index is 13.2. The summed E-state index contributed by atoms with van der Waals surface area (Å²) in [6.45, 7) is 7.15. The minimum Gasteiger partial charge on any atom is -0.390 e. The van der Waals surface area contributed by atoms with Crippen molar-refractivity contribution in [3.8, 4) is 6.07 Å². The normalized spacial score (nSPS) is 13.4. The lowest BCUT2D eigenvalue weighted by molar-refractivity contribution is -0.00643. The predicted molar refractivity (Wildman–Crippen MR) is 134 cm³/mol. The van der Waals surface area contributed by atoms with Crippen molar-refractivity contribution in [1.29, 1.82) is 5.26 Å². The van der Waals surface area contributed by atoms with Gasteiger partial charge in [0.2, 0.25) is 0 Å². The van der Waals surface area contributed by atoms with Gasteiger partial charge in [-0.2, -0.15) is 5.26 Å². The molecule has 8 heteroatoms. The number of hydrogen-bond acceptors (Lipinski definition) is 6. The van der Waals surface area contributed by atoms with Gasteiger partial charge < -0.3 is 20.4 Å². The SMILES string of the molecule is CCCN(CCC)C(=O)c1cc(C)cc(C(=O)NC(Cc2ccncc2)C(O)C(O)CCC#N)c1. The van der Waals surface area contributed by atoms with Crippen molar-refractivity contribution in [2.24, 2.45) is 0 Å². The molecule has 1 heterocycles. The average Bonchev–Trinajstić information content (AvgIpc) is 2.86. The van der Waals surface area contributed by atoms with Crippen molar-refractivity contribution in [3.05, 3.63) is 65.0 Å². The second-order valence-corrected chi connectivity index (χ2v) is 8.77. The van der Waals surface area contributed by atoms with E-state index in [9.17, 15) is 19.8 Å². The van der Waals surface area contributed by atoms with Gasteiger partial charge in [0.1, 0.15) is 6.10 Å². The van der Waals surface area contributed by atoms with Gasteiger partial charge in [-0.05, 0) is 74.1 Å². The number of aromatic nitrogens is 1. The van der Waals surface area contributed by atoms with Crippen molar-refractivity contribution < 1.29 is 19.8 Å². The average molecular weight is 481 g/mol. The first-order chi connectivity index (χ1) is 16.8. The standard InChI is InChI=1S/C27H36N4O4/c1-4-13-31(14-5-2)27(35)22-16-19(3)15-21(18-22)26(34)30-23(17-20-8-11-29-12-9-20)25(33)24(32)7-6-10-28/h8-9,11-12,15-16,18,23-25,32-33H,4-7,13-14,17H2,1-3H3,(H,30,34). The van der Waals surface area contributed by atoms with Gasteiger partial charge in [-0.1, -0.05) is 13.8 Å². The Bertz CT molecular complexity index is 1000. The van der Waals surface area contributed by atoms with Crippen molar-refractivity contribution >= 4 is 11.8 Å². The maximum absolute atomic E-state index is 13.2. The monoisotopic (exact) mass is 480 g/mol. The van der Waals surface area contributed by atoms with Crippen molar-refractivity contribution in [2.45, 2.75) is 71.1 Å². The number of benzene rings is 1. The molecule has 3 unspecified atom stereocenters. The Morgan fingerprint density at radius 2 is 1.71 bits per heavy atom. The molecule has 0 saturated heterocycles. The molecule has 2 amide bonds. The largest absolute Gasteiger partial charge is 0.390 e. The predicted octanol–water partition coefficient (Wildman–Crippen LogP) is 3.02. The minimum absolute atomic E-state index is 0.0868. The van der Waals surface area contributed by atoms with Gasteiger partial charge in [0.15, 0.2) is 0 Å². The number of carbonyl (C=O) groups excluding carboxylic acids is 2. The molecule has 1 aromatic carbocycles. The molecule has 2 aromatic rings. The molecule has 3 atom stereocenters. The number of carbonyl (C=O) groups is 2. The van der Waals surface area contributed by atoms with Crippen LogP contribution >= 0.6 is 0 Å². The fourth-order valence-corrected chi connectivity index (χ4v) is 4.01. The molecule has 1 aromatic heterocycles. The first-order valence-electron chi connectivity index (χ1n) is 12.1. The van der Waals surface area contributed by atoms with Crippen LogP contribution in [-0.4, -0.2) is 63.3 Å². The van der Waals surface area contributed by atoms with E-state index < -0.39 is 24.2 Å². The summed E-state index contributed by atoms with van der Waals surface area (Å²) in [6.07, 6.45) is 2.90. The number of nitrogens with one attached hydrogen (secondary N) is 1. The zero-order valence-corrected chi connectivity index (χ0v) is 20.8. The third-order valence-electron chi connectivity index (χ3n) is 5.74. The Kier molecular flexibility index (Phi) is 11.3. The minimum atomic E-state index is -1.28. The first kappa shape index (κ1) is 28.0.